The van der Waals surface area contributed by atoms with Crippen molar-refractivity contribution in [2.24, 2.45) is 0 Å². The van der Waals surface area contributed by atoms with E-state index in [-0.39, 0.29) is 0 Å². The van der Waals surface area contributed by atoms with E-state index >= 15 is 0 Å². The fourth-order valence-electron chi connectivity index (χ4n) is 8.34. The number of fused-ring (bicyclic) bond motifs is 12. The van der Waals surface area contributed by atoms with Crippen molar-refractivity contribution in [2.75, 3.05) is 0 Å². The Balaban J connectivity index is 1.20. The van der Waals surface area contributed by atoms with Gasteiger partial charge >= 0.3 is 0 Å². The minimum absolute atomic E-state index is 0.945. The van der Waals surface area contributed by atoms with E-state index in [4.69, 9.17) is 4.98 Å². The lowest BCUT2D eigenvalue weighted by Crippen LogP contribution is -1.96. The Morgan fingerprint density at radius 3 is 1.79 bits per heavy atom. The standard InChI is InChI=1S/C49H31N3/c1-3-14-32(15-4-1)36-29-42(33-16-5-2-6-17-33)50-43(30-36)34-19-13-20-37(28-34)51-45-25-12-10-23-41(45)48-46(51)27-26-40-38-21-8-9-22-39(38)47-31-35-18-7-11-24-44(35)52(47)49(40)48/h1-31H. The number of para-hydroxylation sites is 2. The number of pyridine rings is 2. The summed E-state index contributed by atoms with van der Waals surface area (Å²) in [6.45, 7) is 0. The number of nitrogens with zero attached hydrogens (tertiary/aromatic N) is 3. The van der Waals surface area contributed by atoms with Crippen molar-refractivity contribution in [1.82, 2.24) is 14.0 Å². The predicted octanol–water partition coefficient (Wildman–Crippen LogP) is 12.9. The van der Waals surface area contributed by atoms with E-state index in [2.05, 4.69) is 197 Å². The maximum absolute atomic E-state index is 5.26. The molecular formula is C49H31N3. The lowest BCUT2D eigenvalue weighted by atomic mass is 10.00. The lowest BCUT2D eigenvalue weighted by molar-refractivity contribution is 1.18. The predicted molar refractivity (Wildman–Crippen MR) is 218 cm³/mol. The first-order chi connectivity index (χ1) is 25.8. The summed E-state index contributed by atoms with van der Waals surface area (Å²) < 4.78 is 4.92. The van der Waals surface area contributed by atoms with Crippen LogP contribution < -0.4 is 0 Å². The quantitative estimate of drug-likeness (QED) is 0.172. The maximum atomic E-state index is 5.26. The molecular weight excluding hydrogens is 631 g/mol. The molecule has 0 fully saturated rings. The molecule has 0 aliphatic rings. The van der Waals surface area contributed by atoms with Gasteiger partial charge in [0.2, 0.25) is 0 Å². The fraction of sp³-hybridized carbons (Fsp3) is 0. The van der Waals surface area contributed by atoms with E-state index < -0.39 is 0 Å². The van der Waals surface area contributed by atoms with E-state index in [1.165, 1.54) is 65.5 Å². The minimum Gasteiger partial charge on any atom is -0.309 e. The third-order valence-electron chi connectivity index (χ3n) is 10.6. The van der Waals surface area contributed by atoms with Crippen molar-refractivity contribution in [2.45, 2.75) is 0 Å². The van der Waals surface area contributed by atoms with E-state index in [1.807, 2.05) is 0 Å². The van der Waals surface area contributed by atoms with Crippen LogP contribution in [0.1, 0.15) is 0 Å². The van der Waals surface area contributed by atoms with Crippen molar-refractivity contribution < 1.29 is 0 Å². The van der Waals surface area contributed by atoms with Crippen molar-refractivity contribution >= 4 is 59.9 Å². The smallest absolute Gasteiger partial charge is 0.0716 e. The highest BCUT2D eigenvalue weighted by Gasteiger charge is 2.20. The Kier molecular flexibility index (Phi) is 6.25. The van der Waals surface area contributed by atoms with Gasteiger partial charge in [-0.25, -0.2) is 4.98 Å². The molecule has 0 spiro atoms. The number of aromatic nitrogens is 3. The molecule has 3 nitrogen and oxygen atoms in total. The summed E-state index contributed by atoms with van der Waals surface area (Å²) >= 11 is 0. The van der Waals surface area contributed by atoms with Crippen LogP contribution in [0, 0.1) is 0 Å². The van der Waals surface area contributed by atoms with Gasteiger partial charge in [-0.15, -0.1) is 0 Å². The second kappa shape index (κ2) is 11.3. The molecule has 11 rings (SSSR count). The highest BCUT2D eigenvalue weighted by atomic mass is 15.0. The van der Waals surface area contributed by atoms with Gasteiger partial charge < -0.3 is 8.97 Å². The van der Waals surface area contributed by atoms with Gasteiger partial charge in [0.25, 0.3) is 0 Å². The molecule has 0 saturated carbocycles. The Morgan fingerprint density at radius 2 is 0.981 bits per heavy atom. The molecule has 242 valence electrons. The van der Waals surface area contributed by atoms with Crippen LogP contribution >= 0.6 is 0 Å². The highest BCUT2D eigenvalue weighted by molar-refractivity contribution is 6.27. The van der Waals surface area contributed by atoms with Crippen LogP contribution in [-0.4, -0.2) is 14.0 Å². The second-order valence-corrected chi connectivity index (χ2v) is 13.6. The molecule has 0 N–H and O–H groups in total. The maximum Gasteiger partial charge on any atom is 0.0716 e. The van der Waals surface area contributed by atoms with E-state index in [1.54, 1.807) is 0 Å². The van der Waals surface area contributed by atoms with Crippen molar-refractivity contribution in [3.05, 3.63) is 188 Å². The molecule has 0 bridgehead atoms. The zero-order valence-corrected chi connectivity index (χ0v) is 28.2. The van der Waals surface area contributed by atoms with Gasteiger partial charge in [-0.1, -0.05) is 140 Å². The molecule has 0 aliphatic carbocycles. The summed E-state index contributed by atoms with van der Waals surface area (Å²) in [5.74, 6) is 0. The van der Waals surface area contributed by atoms with Crippen LogP contribution in [0.5, 0.6) is 0 Å². The molecule has 0 radical (unpaired) electrons. The third-order valence-corrected chi connectivity index (χ3v) is 10.6. The van der Waals surface area contributed by atoms with Crippen LogP contribution in [0.25, 0.3) is 99.2 Å². The number of hydrogen-bond acceptors (Lipinski definition) is 1. The summed E-state index contributed by atoms with van der Waals surface area (Å²) in [7, 11) is 0. The normalized spacial score (nSPS) is 11.8. The number of hydrogen-bond donors (Lipinski definition) is 0. The van der Waals surface area contributed by atoms with Crippen LogP contribution in [0.2, 0.25) is 0 Å². The average molecular weight is 662 g/mol. The van der Waals surface area contributed by atoms with E-state index in [0.29, 0.717) is 0 Å². The average Bonchev–Trinajstić information content (AvgIpc) is 3.78. The lowest BCUT2D eigenvalue weighted by Gasteiger charge is -2.14. The van der Waals surface area contributed by atoms with Gasteiger partial charge in [-0.05, 0) is 65.0 Å². The first-order valence-electron chi connectivity index (χ1n) is 17.8. The molecule has 0 amide bonds. The Morgan fingerprint density at radius 1 is 0.346 bits per heavy atom. The van der Waals surface area contributed by atoms with Gasteiger partial charge in [0, 0.05) is 43.7 Å². The van der Waals surface area contributed by atoms with Crippen molar-refractivity contribution in [3.63, 3.8) is 0 Å². The molecule has 0 unspecified atom stereocenters. The molecule has 7 aromatic carbocycles. The summed E-state index contributed by atoms with van der Waals surface area (Å²) in [6.07, 6.45) is 0. The zero-order valence-electron chi connectivity index (χ0n) is 28.2. The van der Waals surface area contributed by atoms with Crippen LogP contribution in [0.4, 0.5) is 0 Å². The number of rotatable bonds is 4. The van der Waals surface area contributed by atoms with Crippen LogP contribution in [0.15, 0.2) is 188 Å². The van der Waals surface area contributed by atoms with Gasteiger partial charge in [0.15, 0.2) is 0 Å². The Hall–Kier alpha value is -6.97. The Bertz CT molecular complexity index is 3110. The zero-order chi connectivity index (χ0) is 34.2. The molecule has 0 saturated heterocycles. The molecule has 0 atom stereocenters. The topological polar surface area (TPSA) is 22.2 Å². The molecule has 0 aliphatic heterocycles. The molecule has 4 aromatic heterocycles. The second-order valence-electron chi connectivity index (χ2n) is 13.6. The minimum atomic E-state index is 0.945. The number of benzene rings is 7. The Labute approximate surface area is 300 Å². The van der Waals surface area contributed by atoms with E-state index in [9.17, 15) is 0 Å². The van der Waals surface area contributed by atoms with Gasteiger partial charge in [-0.3, -0.25) is 0 Å². The molecule has 11 aromatic rings. The van der Waals surface area contributed by atoms with E-state index in [0.717, 1.165) is 33.8 Å². The highest BCUT2D eigenvalue weighted by Crippen LogP contribution is 2.42. The van der Waals surface area contributed by atoms with Crippen molar-refractivity contribution in [1.29, 1.82) is 0 Å². The summed E-state index contributed by atoms with van der Waals surface area (Å²) in [5.41, 5.74) is 13.5. The van der Waals surface area contributed by atoms with Gasteiger partial charge in [-0.2, -0.15) is 0 Å². The first kappa shape index (κ1) is 28.8. The summed E-state index contributed by atoms with van der Waals surface area (Å²) in [5, 5.41) is 7.52. The van der Waals surface area contributed by atoms with Crippen LogP contribution in [-0.2, 0) is 0 Å². The molecule has 52 heavy (non-hydrogen) atoms. The monoisotopic (exact) mass is 661 g/mol. The largest absolute Gasteiger partial charge is 0.309 e. The molecule has 4 heterocycles. The summed E-state index contributed by atoms with van der Waals surface area (Å²) in [6, 6.07) is 67.7. The first-order valence-corrected chi connectivity index (χ1v) is 17.8. The van der Waals surface area contributed by atoms with Crippen LogP contribution in [0.3, 0.4) is 0 Å². The fourth-order valence-corrected chi connectivity index (χ4v) is 8.34. The molecule has 3 heteroatoms. The van der Waals surface area contributed by atoms with Crippen molar-refractivity contribution in [3.8, 4) is 39.3 Å². The van der Waals surface area contributed by atoms with Gasteiger partial charge in [0.05, 0.1) is 39.0 Å². The SMILES string of the molecule is c1ccc(-c2cc(-c3ccccc3)nc(-c3cccc(-n4c5ccccc5c5c4ccc4c6ccccc6c6cc7ccccc7n6c45)c3)c2)cc1. The third kappa shape index (κ3) is 4.30. The summed E-state index contributed by atoms with van der Waals surface area (Å²) in [4.78, 5) is 5.26. The van der Waals surface area contributed by atoms with Gasteiger partial charge in [0.1, 0.15) is 0 Å².